The Labute approximate surface area is 169 Å². The summed E-state index contributed by atoms with van der Waals surface area (Å²) >= 11 is 0. The number of fused-ring (bicyclic) bond motifs is 3. The molecule has 29 heavy (non-hydrogen) atoms. The number of anilines is 1. The molecule has 1 atom stereocenters. The predicted octanol–water partition coefficient (Wildman–Crippen LogP) is 3.02. The zero-order valence-electron chi connectivity index (χ0n) is 16.9. The summed E-state index contributed by atoms with van der Waals surface area (Å²) in [7, 11) is 0. The number of likely N-dealkylation sites (N-methyl/N-ethyl adjacent to an activating group) is 1. The van der Waals surface area contributed by atoms with E-state index >= 15 is 0 Å². The van der Waals surface area contributed by atoms with Gasteiger partial charge in [-0.2, -0.15) is 0 Å². The van der Waals surface area contributed by atoms with Gasteiger partial charge in [-0.25, -0.2) is 0 Å². The number of rotatable bonds is 5. The second-order valence-corrected chi connectivity index (χ2v) is 7.78. The smallest absolute Gasteiger partial charge is 0.270 e. The second kappa shape index (κ2) is 7.06. The van der Waals surface area contributed by atoms with Crippen LogP contribution in [-0.4, -0.2) is 45.8 Å². The van der Waals surface area contributed by atoms with E-state index in [1.165, 1.54) is 0 Å². The molecule has 0 bridgehead atoms. The zero-order valence-corrected chi connectivity index (χ0v) is 16.9. The predicted molar refractivity (Wildman–Crippen MR) is 107 cm³/mol. The summed E-state index contributed by atoms with van der Waals surface area (Å²) in [6, 6.07) is 8.61. The maximum Gasteiger partial charge on any atom is 0.270 e. The van der Waals surface area contributed by atoms with Gasteiger partial charge in [0.15, 0.2) is 0 Å². The third kappa shape index (κ3) is 2.75. The van der Waals surface area contributed by atoms with Crippen LogP contribution >= 0.6 is 0 Å². The van der Waals surface area contributed by atoms with Crippen molar-refractivity contribution in [2.24, 2.45) is 0 Å². The lowest BCUT2D eigenvalue weighted by molar-refractivity contribution is -0.145. The first-order valence-corrected chi connectivity index (χ1v) is 9.98. The van der Waals surface area contributed by atoms with Crippen molar-refractivity contribution in [2.75, 3.05) is 11.4 Å². The monoisotopic (exact) mass is 395 g/mol. The lowest BCUT2D eigenvalue weighted by Crippen LogP contribution is -2.72. The van der Waals surface area contributed by atoms with Gasteiger partial charge in [0.2, 0.25) is 11.6 Å². The lowest BCUT2D eigenvalue weighted by Gasteiger charge is -2.52. The highest BCUT2D eigenvalue weighted by molar-refractivity contribution is 6.16. The summed E-state index contributed by atoms with van der Waals surface area (Å²) in [5, 5.41) is 0. The number of carbonyl (C=O) groups is 3. The zero-order chi connectivity index (χ0) is 20.8. The van der Waals surface area contributed by atoms with E-state index in [-0.39, 0.29) is 36.6 Å². The number of benzene rings is 1. The molecule has 0 spiro atoms. The number of amides is 3. The van der Waals surface area contributed by atoms with Crippen LogP contribution in [0.2, 0.25) is 0 Å². The Bertz CT molecular complexity index is 953. The van der Waals surface area contributed by atoms with E-state index in [9.17, 15) is 14.4 Å². The topological polar surface area (TPSA) is 74.1 Å². The molecule has 4 rings (SSSR count). The Morgan fingerprint density at radius 2 is 2.00 bits per heavy atom. The van der Waals surface area contributed by atoms with Crippen LogP contribution in [0.25, 0.3) is 0 Å². The van der Waals surface area contributed by atoms with Crippen molar-refractivity contribution in [1.29, 1.82) is 0 Å². The van der Waals surface area contributed by atoms with Gasteiger partial charge in [0.25, 0.3) is 11.8 Å². The second-order valence-electron chi connectivity index (χ2n) is 7.78. The van der Waals surface area contributed by atoms with Crippen molar-refractivity contribution >= 4 is 23.4 Å². The van der Waals surface area contributed by atoms with E-state index < -0.39 is 5.66 Å². The fraction of sp³-hybridized carbons (Fsp3) is 0.409. The molecular weight excluding hydrogens is 370 g/mol. The summed E-state index contributed by atoms with van der Waals surface area (Å²) < 4.78 is 5.14. The van der Waals surface area contributed by atoms with Crippen molar-refractivity contribution < 1.29 is 18.8 Å². The van der Waals surface area contributed by atoms with Gasteiger partial charge in [-0.1, -0.05) is 12.1 Å². The average Bonchev–Trinajstić information content (AvgIpc) is 3.34. The van der Waals surface area contributed by atoms with Crippen LogP contribution in [-0.2, 0) is 16.1 Å². The average molecular weight is 395 g/mol. The van der Waals surface area contributed by atoms with Crippen LogP contribution in [0.15, 0.2) is 47.3 Å². The fourth-order valence-electron chi connectivity index (χ4n) is 4.57. The number of para-hydroxylation sites is 1. The molecule has 3 heterocycles. The van der Waals surface area contributed by atoms with Crippen LogP contribution < -0.4 is 4.90 Å². The molecule has 1 fully saturated rings. The molecule has 0 saturated carbocycles. The Morgan fingerprint density at radius 3 is 2.66 bits per heavy atom. The molecular formula is C22H25N3O4. The van der Waals surface area contributed by atoms with Gasteiger partial charge in [0, 0.05) is 37.5 Å². The quantitative estimate of drug-likeness (QED) is 0.780. The van der Waals surface area contributed by atoms with Gasteiger partial charge in [-0.05, 0) is 39.0 Å². The molecule has 0 aliphatic carbocycles. The molecule has 1 aromatic carbocycles. The standard InChI is InChI=1S/C22H25N3O4/c1-4-23(13-16-10-12-29-14-16)21(28)22-11-9-19(26)25(22)18-8-6-5-7-17(18)20(27)24(22)15(2)3/h5-8,10,12,14-15H,4,9,11,13H2,1-3H3. The van der Waals surface area contributed by atoms with Gasteiger partial charge in [-0.3, -0.25) is 19.3 Å². The largest absolute Gasteiger partial charge is 0.472 e. The van der Waals surface area contributed by atoms with Crippen LogP contribution in [0.1, 0.15) is 49.5 Å². The van der Waals surface area contributed by atoms with Crippen LogP contribution in [0, 0.1) is 0 Å². The molecule has 2 aliphatic heterocycles. The highest BCUT2D eigenvalue weighted by Gasteiger charge is 2.62. The maximum absolute atomic E-state index is 14.0. The summed E-state index contributed by atoms with van der Waals surface area (Å²) in [6.45, 7) is 6.48. The van der Waals surface area contributed by atoms with E-state index in [2.05, 4.69) is 0 Å². The molecule has 0 radical (unpaired) electrons. The molecule has 1 saturated heterocycles. The third-order valence-electron chi connectivity index (χ3n) is 5.78. The van der Waals surface area contributed by atoms with Gasteiger partial charge in [0.1, 0.15) is 0 Å². The minimum absolute atomic E-state index is 0.136. The van der Waals surface area contributed by atoms with E-state index in [0.29, 0.717) is 24.3 Å². The molecule has 2 aliphatic rings. The van der Waals surface area contributed by atoms with Crippen LogP contribution in [0.4, 0.5) is 5.69 Å². The first-order valence-electron chi connectivity index (χ1n) is 9.98. The van der Waals surface area contributed by atoms with Crippen molar-refractivity contribution in [3.63, 3.8) is 0 Å². The summed E-state index contributed by atoms with van der Waals surface area (Å²) in [5.74, 6) is -0.582. The number of carbonyl (C=O) groups excluding carboxylic acids is 3. The SMILES string of the molecule is CCN(Cc1ccoc1)C(=O)C12CCC(=O)N1c1ccccc1C(=O)N2C(C)C. The Morgan fingerprint density at radius 1 is 1.24 bits per heavy atom. The van der Waals surface area contributed by atoms with Crippen LogP contribution in [0.5, 0.6) is 0 Å². The first-order chi connectivity index (χ1) is 13.9. The van der Waals surface area contributed by atoms with E-state index in [4.69, 9.17) is 4.42 Å². The molecule has 2 aromatic rings. The van der Waals surface area contributed by atoms with E-state index in [1.54, 1.807) is 51.5 Å². The molecule has 7 nitrogen and oxygen atoms in total. The van der Waals surface area contributed by atoms with Gasteiger partial charge < -0.3 is 14.2 Å². The van der Waals surface area contributed by atoms with Crippen molar-refractivity contribution in [3.05, 3.63) is 54.0 Å². The highest BCUT2D eigenvalue weighted by Crippen LogP contribution is 2.46. The highest BCUT2D eigenvalue weighted by atomic mass is 16.3. The summed E-state index contributed by atoms with van der Waals surface area (Å²) in [4.78, 5) is 45.3. The molecule has 0 N–H and O–H groups in total. The van der Waals surface area contributed by atoms with E-state index in [0.717, 1.165) is 5.56 Å². The molecule has 7 heteroatoms. The molecule has 3 amide bonds. The molecule has 1 unspecified atom stereocenters. The Balaban J connectivity index is 1.86. The summed E-state index contributed by atoms with van der Waals surface area (Å²) in [6.07, 6.45) is 3.68. The fourth-order valence-corrected chi connectivity index (χ4v) is 4.57. The molecule has 152 valence electrons. The first kappa shape index (κ1) is 19.2. The van der Waals surface area contributed by atoms with Gasteiger partial charge in [0.05, 0.1) is 23.8 Å². The third-order valence-corrected chi connectivity index (χ3v) is 5.78. The number of nitrogens with zero attached hydrogens (tertiary/aromatic N) is 3. The van der Waals surface area contributed by atoms with Crippen molar-refractivity contribution in [3.8, 4) is 0 Å². The minimum Gasteiger partial charge on any atom is -0.472 e. The molecule has 1 aromatic heterocycles. The number of hydrogen-bond acceptors (Lipinski definition) is 4. The lowest BCUT2D eigenvalue weighted by atomic mass is 9.93. The van der Waals surface area contributed by atoms with Crippen molar-refractivity contribution in [2.45, 2.75) is 51.9 Å². The Kier molecular flexibility index (Phi) is 4.68. The van der Waals surface area contributed by atoms with Gasteiger partial charge >= 0.3 is 0 Å². The van der Waals surface area contributed by atoms with Crippen molar-refractivity contribution in [1.82, 2.24) is 9.80 Å². The van der Waals surface area contributed by atoms with Gasteiger partial charge in [-0.15, -0.1) is 0 Å². The normalized spacial score (nSPS) is 20.8. The maximum atomic E-state index is 14.0. The Hall–Kier alpha value is -3.09. The minimum atomic E-state index is -1.34. The number of hydrogen-bond donors (Lipinski definition) is 0. The number of furan rings is 1. The van der Waals surface area contributed by atoms with E-state index in [1.807, 2.05) is 26.8 Å². The van der Waals surface area contributed by atoms with Crippen LogP contribution in [0.3, 0.4) is 0 Å². The summed E-state index contributed by atoms with van der Waals surface area (Å²) in [5.41, 5.74) is 0.504.